The van der Waals surface area contributed by atoms with E-state index in [4.69, 9.17) is 4.74 Å². The number of methoxy groups -OCH3 is 1. The summed E-state index contributed by atoms with van der Waals surface area (Å²) >= 11 is 0. The van der Waals surface area contributed by atoms with Crippen LogP contribution in [0.1, 0.15) is 43.5 Å². The van der Waals surface area contributed by atoms with Crippen LogP contribution in [0.2, 0.25) is 0 Å². The average molecular weight is 249 g/mol. The van der Waals surface area contributed by atoms with Crippen molar-refractivity contribution in [2.45, 2.75) is 46.7 Å². The van der Waals surface area contributed by atoms with Crippen molar-refractivity contribution in [3.05, 3.63) is 34.9 Å². The van der Waals surface area contributed by atoms with Crippen molar-refractivity contribution in [2.24, 2.45) is 5.92 Å². The first-order valence-electron chi connectivity index (χ1n) is 6.77. The largest absolute Gasteiger partial charge is 0.383 e. The molecule has 2 atom stereocenters. The van der Waals surface area contributed by atoms with Gasteiger partial charge in [-0.05, 0) is 32.3 Å². The maximum absolute atomic E-state index is 5.29. The van der Waals surface area contributed by atoms with Crippen molar-refractivity contribution in [1.29, 1.82) is 0 Å². The number of hydrogen-bond acceptors (Lipinski definition) is 2. The molecule has 0 saturated heterocycles. The van der Waals surface area contributed by atoms with E-state index in [-0.39, 0.29) is 0 Å². The number of nitrogens with one attached hydrogen (secondary N) is 1. The van der Waals surface area contributed by atoms with Gasteiger partial charge in [-0.2, -0.15) is 0 Å². The van der Waals surface area contributed by atoms with E-state index in [1.807, 2.05) is 0 Å². The molecule has 102 valence electrons. The Hall–Kier alpha value is -0.860. The minimum atomic E-state index is 0.353. The molecule has 0 aliphatic rings. The standard InChI is InChI=1S/C16H27NO/c1-11(2)16(10-18-6)17-14(5)15-8-12(3)7-13(4)9-15/h7-9,11,14,16-17H,10H2,1-6H3. The maximum atomic E-state index is 5.29. The molecule has 0 bridgehead atoms. The van der Waals surface area contributed by atoms with Gasteiger partial charge < -0.3 is 10.1 Å². The molecule has 0 aromatic heterocycles. The second-order valence-electron chi connectivity index (χ2n) is 5.62. The van der Waals surface area contributed by atoms with E-state index in [9.17, 15) is 0 Å². The molecule has 1 N–H and O–H groups in total. The van der Waals surface area contributed by atoms with Gasteiger partial charge in [0, 0.05) is 19.2 Å². The van der Waals surface area contributed by atoms with Gasteiger partial charge in [0.05, 0.1) is 6.61 Å². The van der Waals surface area contributed by atoms with Crippen LogP contribution in [0.5, 0.6) is 0 Å². The van der Waals surface area contributed by atoms with Crippen LogP contribution in [0.15, 0.2) is 18.2 Å². The van der Waals surface area contributed by atoms with Gasteiger partial charge in [0.25, 0.3) is 0 Å². The number of ether oxygens (including phenoxy) is 1. The minimum Gasteiger partial charge on any atom is -0.383 e. The zero-order chi connectivity index (χ0) is 13.7. The number of hydrogen-bond donors (Lipinski definition) is 1. The quantitative estimate of drug-likeness (QED) is 0.831. The highest BCUT2D eigenvalue weighted by Gasteiger charge is 2.16. The van der Waals surface area contributed by atoms with Crippen molar-refractivity contribution in [3.63, 3.8) is 0 Å². The Bertz CT molecular complexity index is 353. The molecule has 0 saturated carbocycles. The zero-order valence-electron chi connectivity index (χ0n) is 12.6. The molecule has 0 aliphatic heterocycles. The fourth-order valence-corrected chi connectivity index (χ4v) is 2.29. The van der Waals surface area contributed by atoms with Crippen LogP contribution in [0.4, 0.5) is 0 Å². The Morgan fingerprint density at radius 2 is 1.61 bits per heavy atom. The van der Waals surface area contributed by atoms with Crippen molar-refractivity contribution in [2.75, 3.05) is 13.7 Å². The first-order chi connectivity index (χ1) is 8.43. The summed E-state index contributed by atoms with van der Waals surface area (Å²) in [5.41, 5.74) is 4.01. The molecular formula is C16H27NO. The van der Waals surface area contributed by atoms with Crippen LogP contribution in [0.25, 0.3) is 0 Å². The molecule has 0 heterocycles. The molecule has 0 fully saturated rings. The zero-order valence-corrected chi connectivity index (χ0v) is 12.6. The third kappa shape index (κ3) is 4.43. The monoisotopic (exact) mass is 249 g/mol. The van der Waals surface area contributed by atoms with Gasteiger partial charge in [-0.1, -0.05) is 43.2 Å². The Morgan fingerprint density at radius 3 is 2.06 bits per heavy atom. The normalized spacial score (nSPS) is 14.8. The van der Waals surface area contributed by atoms with Crippen molar-refractivity contribution in [3.8, 4) is 0 Å². The van der Waals surface area contributed by atoms with Crippen LogP contribution in [0.3, 0.4) is 0 Å². The highest BCUT2D eigenvalue weighted by atomic mass is 16.5. The first-order valence-corrected chi connectivity index (χ1v) is 6.77. The summed E-state index contributed by atoms with van der Waals surface area (Å²) in [6, 6.07) is 7.48. The SMILES string of the molecule is COCC(NC(C)c1cc(C)cc(C)c1)C(C)C. The summed E-state index contributed by atoms with van der Waals surface area (Å²) in [7, 11) is 1.76. The summed E-state index contributed by atoms with van der Waals surface area (Å²) in [6.07, 6.45) is 0. The van der Waals surface area contributed by atoms with Crippen LogP contribution in [0, 0.1) is 19.8 Å². The van der Waals surface area contributed by atoms with Gasteiger partial charge in [0.1, 0.15) is 0 Å². The maximum Gasteiger partial charge on any atom is 0.0618 e. The third-order valence-electron chi connectivity index (χ3n) is 3.36. The Kier molecular flexibility index (Phi) is 5.83. The van der Waals surface area contributed by atoms with E-state index in [1.165, 1.54) is 16.7 Å². The van der Waals surface area contributed by atoms with Gasteiger partial charge in [-0.3, -0.25) is 0 Å². The summed E-state index contributed by atoms with van der Waals surface area (Å²) in [6.45, 7) is 11.7. The molecule has 1 rings (SSSR count). The highest BCUT2D eigenvalue weighted by Crippen LogP contribution is 2.18. The Labute approximate surface area is 112 Å². The molecule has 0 aliphatic carbocycles. The van der Waals surface area contributed by atoms with Crippen LogP contribution in [-0.2, 0) is 4.74 Å². The van der Waals surface area contributed by atoms with Gasteiger partial charge in [-0.25, -0.2) is 0 Å². The van der Waals surface area contributed by atoms with Crippen LogP contribution < -0.4 is 5.32 Å². The van der Waals surface area contributed by atoms with Gasteiger partial charge >= 0.3 is 0 Å². The smallest absolute Gasteiger partial charge is 0.0618 e. The van der Waals surface area contributed by atoms with Crippen molar-refractivity contribution in [1.82, 2.24) is 5.32 Å². The van der Waals surface area contributed by atoms with Crippen molar-refractivity contribution >= 4 is 0 Å². The first kappa shape index (κ1) is 15.2. The molecule has 2 unspecified atom stereocenters. The molecule has 2 nitrogen and oxygen atoms in total. The van der Waals surface area contributed by atoms with Crippen molar-refractivity contribution < 1.29 is 4.74 Å². The van der Waals surface area contributed by atoms with E-state index in [2.05, 4.69) is 58.1 Å². The lowest BCUT2D eigenvalue weighted by Gasteiger charge is -2.26. The lowest BCUT2D eigenvalue weighted by Crippen LogP contribution is -2.39. The molecule has 0 radical (unpaired) electrons. The van der Waals surface area contributed by atoms with Crippen LogP contribution >= 0.6 is 0 Å². The number of aryl methyl sites for hydroxylation is 2. The summed E-state index contributed by atoms with van der Waals surface area (Å²) < 4.78 is 5.29. The summed E-state index contributed by atoms with van der Waals surface area (Å²) in [5, 5.41) is 3.66. The van der Waals surface area contributed by atoms with E-state index in [0.717, 1.165) is 6.61 Å². The van der Waals surface area contributed by atoms with E-state index in [0.29, 0.717) is 18.0 Å². The minimum absolute atomic E-state index is 0.353. The summed E-state index contributed by atoms with van der Waals surface area (Å²) in [4.78, 5) is 0. The predicted octanol–water partition coefficient (Wildman–Crippen LogP) is 3.63. The van der Waals surface area contributed by atoms with Gasteiger partial charge in [0.2, 0.25) is 0 Å². The second kappa shape index (κ2) is 6.91. The summed E-state index contributed by atoms with van der Waals surface area (Å²) in [5.74, 6) is 0.568. The molecule has 1 aromatic carbocycles. The molecule has 0 spiro atoms. The fraction of sp³-hybridized carbons (Fsp3) is 0.625. The van der Waals surface area contributed by atoms with E-state index in [1.54, 1.807) is 7.11 Å². The van der Waals surface area contributed by atoms with E-state index < -0.39 is 0 Å². The Balaban J connectivity index is 2.76. The van der Waals surface area contributed by atoms with Gasteiger partial charge in [-0.15, -0.1) is 0 Å². The number of benzene rings is 1. The molecular weight excluding hydrogens is 222 g/mol. The molecule has 2 heteroatoms. The molecule has 1 aromatic rings. The second-order valence-corrected chi connectivity index (χ2v) is 5.62. The lowest BCUT2D eigenvalue weighted by atomic mass is 9.99. The lowest BCUT2D eigenvalue weighted by molar-refractivity contribution is 0.141. The average Bonchev–Trinajstić information content (AvgIpc) is 2.26. The third-order valence-corrected chi connectivity index (χ3v) is 3.36. The molecule has 18 heavy (non-hydrogen) atoms. The number of rotatable bonds is 6. The highest BCUT2D eigenvalue weighted by molar-refractivity contribution is 5.30. The topological polar surface area (TPSA) is 21.3 Å². The predicted molar refractivity (Wildman–Crippen MR) is 78.0 cm³/mol. The van der Waals surface area contributed by atoms with Gasteiger partial charge in [0.15, 0.2) is 0 Å². The molecule has 0 amide bonds. The van der Waals surface area contributed by atoms with Crippen LogP contribution in [-0.4, -0.2) is 19.8 Å². The fourth-order valence-electron chi connectivity index (χ4n) is 2.29. The Morgan fingerprint density at radius 1 is 1.06 bits per heavy atom. The van der Waals surface area contributed by atoms with E-state index >= 15 is 0 Å².